The summed E-state index contributed by atoms with van der Waals surface area (Å²) in [5.41, 5.74) is 1.58. The van der Waals surface area contributed by atoms with Gasteiger partial charge in [0.05, 0.1) is 0 Å². The summed E-state index contributed by atoms with van der Waals surface area (Å²) in [5.74, 6) is 2.83. The van der Waals surface area contributed by atoms with Gasteiger partial charge in [-0.3, -0.25) is 0 Å². The van der Waals surface area contributed by atoms with Crippen LogP contribution in [0.1, 0.15) is 52.7 Å². The lowest BCUT2D eigenvalue weighted by Crippen LogP contribution is -1.97. The molecule has 2 radical (unpaired) electrons. The first-order valence-electron chi connectivity index (χ1n) is 8.68. The van der Waals surface area contributed by atoms with E-state index in [1.54, 1.807) is 36.4 Å². The molecule has 6 heteroatoms. The largest absolute Gasteiger partial charge is 0.232 e. The van der Waals surface area contributed by atoms with Crippen LogP contribution in [0.25, 0.3) is 0 Å². The molecule has 28 heavy (non-hydrogen) atoms. The topological polar surface area (TPSA) is 18.5 Å². The summed E-state index contributed by atoms with van der Waals surface area (Å²) in [7, 11) is 0. The van der Waals surface area contributed by atoms with Gasteiger partial charge in [0.1, 0.15) is 13.2 Å². The van der Waals surface area contributed by atoms with E-state index >= 15 is 0 Å². The molecule has 2 aromatic rings. The maximum absolute atomic E-state index is 6.01. The van der Waals surface area contributed by atoms with Crippen molar-refractivity contribution in [3.8, 4) is 0 Å². The summed E-state index contributed by atoms with van der Waals surface area (Å²) in [4.78, 5) is 10.2. The predicted octanol–water partition coefficient (Wildman–Crippen LogP) is 9.19. The molecule has 2 aromatic carbocycles. The van der Waals surface area contributed by atoms with Crippen LogP contribution in [-0.2, 0) is 23.0 Å². The van der Waals surface area contributed by atoms with Crippen molar-refractivity contribution in [3.05, 3.63) is 79.5 Å². The van der Waals surface area contributed by atoms with Crippen molar-refractivity contribution in [3.63, 3.8) is 0 Å². The Hall–Kier alpha value is -0.480. The van der Waals surface area contributed by atoms with Gasteiger partial charge in [-0.25, -0.2) is 9.78 Å². The van der Waals surface area contributed by atoms with Crippen LogP contribution in [0.15, 0.2) is 36.4 Å². The first kappa shape index (κ1) is 27.5. The van der Waals surface area contributed by atoms with Crippen LogP contribution >= 0.6 is 46.4 Å². The molecule has 156 valence electrons. The van der Waals surface area contributed by atoms with E-state index < -0.39 is 0 Å². The SMILES string of the molecule is C[C](C)C.C[C](C)C.Clc1ccc(COOCc2ccc(Cl)cc2Cl)c(Cl)c1. The van der Waals surface area contributed by atoms with Crippen molar-refractivity contribution in [1.82, 2.24) is 0 Å². The Morgan fingerprint density at radius 3 is 1.14 bits per heavy atom. The summed E-state index contributed by atoms with van der Waals surface area (Å²) >= 11 is 23.6. The Morgan fingerprint density at radius 2 is 0.893 bits per heavy atom. The van der Waals surface area contributed by atoms with Crippen LogP contribution in [0, 0.1) is 11.8 Å². The zero-order valence-electron chi connectivity index (χ0n) is 17.2. The molecule has 0 aromatic heterocycles. The Morgan fingerprint density at radius 1 is 0.607 bits per heavy atom. The molecule has 0 amide bonds. The molecule has 2 rings (SSSR count). The fraction of sp³-hybridized carbons (Fsp3) is 0.364. The third-order valence-electron chi connectivity index (χ3n) is 2.54. The maximum Gasteiger partial charge on any atom is 0.109 e. The lowest BCUT2D eigenvalue weighted by Gasteiger charge is -2.07. The minimum Gasteiger partial charge on any atom is -0.232 e. The third kappa shape index (κ3) is 14.5. The Bertz CT molecular complexity index is 623. The van der Waals surface area contributed by atoms with Crippen molar-refractivity contribution in [2.75, 3.05) is 0 Å². The van der Waals surface area contributed by atoms with E-state index in [9.17, 15) is 0 Å². The quantitative estimate of drug-likeness (QED) is 0.249. The zero-order chi connectivity index (χ0) is 21.7. The molecule has 0 aliphatic rings. The standard InChI is InChI=1S/C14H10Cl4O2.2C4H9/c15-11-3-1-9(13(17)5-11)7-19-20-8-10-2-4-12(16)6-14(10)18;2*1-4(2)3/h1-6H,7-8H2;2*1-3H3. The molecular weight excluding hydrogens is 438 g/mol. The number of halogens is 4. The summed E-state index contributed by atoms with van der Waals surface area (Å²) in [5, 5.41) is 2.22. The van der Waals surface area contributed by atoms with E-state index in [2.05, 4.69) is 41.5 Å². The minimum absolute atomic E-state index is 0.223. The van der Waals surface area contributed by atoms with Crippen molar-refractivity contribution in [2.24, 2.45) is 0 Å². The molecule has 0 fully saturated rings. The lowest BCUT2D eigenvalue weighted by molar-refractivity contribution is -0.313. The third-order valence-corrected chi connectivity index (χ3v) is 3.72. The number of benzene rings is 2. The molecule has 0 heterocycles. The van der Waals surface area contributed by atoms with E-state index in [0.717, 1.165) is 11.1 Å². The van der Waals surface area contributed by atoms with Gasteiger partial charge in [0.25, 0.3) is 0 Å². The van der Waals surface area contributed by atoms with Gasteiger partial charge in [0.15, 0.2) is 0 Å². The minimum atomic E-state index is 0.223. The van der Waals surface area contributed by atoms with Gasteiger partial charge in [-0.05, 0) is 47.2 Å². The fourth-order valence-electron chi connectivity index (χ4n) is 1.49. The van der Waals surface area contributed by atoms with E-state index in [1.165, 1.54) is 11.8 Å². The zero-order valence-corrected chi connectivity index (χ0v) is 20.2. The molecule has 0 unspecified atom stereocenters. The van der Waals surface area contributed by atoms with Crippen LogP contribution in [0.2, 0.25) is 20.1 Å². The van der Waals surface area contributed by atoms with Crippen molar-refractivity contribution >= 4 is 46.4 Å². The second-order valence-electron chi connectivity index (χ2n) is 7.00. The molecular formula is C22H28Cl4O2. The lowest BCUT2D eigenvalue weighted by atomic mass is 10.2. The van der Waals surface area contributed by atoms with Gasteiger partial charge in [-0.1, -0.05) is 100 Å². The fourth-order valence-corrected chi connectivity index (χ4v) is 2.41. The van der Waals surface area contributed by atoms with Crippen LogP contribution in [0.4, 0.5) is 0 Å². The summed E-state index contributed by atoms with van der Waals surface area (Å²) < 4.78 is 0. The predicted molar refractivity (Wildman–Crippen MR) is 123 cm³/mol. The molecule has 0 saturated heterocycles. The monoisotopic (exact) mass is 464 g/mol. The molecule has 2 nitrogen and oxygen atoms in total. The van der Waals surface area contributed by atoms with Gasteiger partial charge in [0, 0.05) is 20.1 Å². The highest BCUT2D eigenvalue weighted by Crippen LogP contribution is 2.23. The summed E-state index contributed by atoms with van der Waals surface area (Å²) in [6.45, 7) is 12.9. The highest BCUT2D eigenvalue weighted by Gasteiger charge is 2.04. The Labute approximate surface area is 190 Å². The van der Waals surface area contributed by atoms with Crippen LogP contribution in [0.3, 0.4) is 0 Å². The molecule has 0 atom stereocenters. The molecule has 0 saturated carbocycles. The molecule has 0 aliphatic carbocycles. The first-order valence-corrected chi connectivity index (χ1v) is 10.2. The van der Waals surface area contributed by atoms with Gasteiger partial charge < -0.3 is 0 Å². The van der Waals surface area contributed by atoms with E-state index in [1.807, 2.05) is 0 Å². The second-order valence-corrected chi connectivity index (χ2v) is 8.68. The van der Waals surface area contributed by atoms with Crippen LogP contribution in [0.5, 0.6) is 0 Å². The van der Waals surface area contributed by atoms with E-state index in [-0.39, 0.29) is 13.2 Å². The summed E-state index contributed by atoms with van der Waals surface area (Å²) in [6, 6.07) is 10.3. The van der Waals surface area contributed by atoms with Crippen LogP contribution < -0.4 is 0 Å². The van der Waals surface area contributed by atoms with Crippen molar-refractivity contribution in [2.45, 2.75) is 54.8 Å². The number of rotatable bonds is 5. The molecule has 0 N–H and O–H groups in total. The van der Waals surface area contributed by atoms with E-state index in [4.69, 9.17) is 56.2 Å². The molecule has 0 bridgehead atoms. The van der Waals surface area contributed by atoms with Crippen LogP contribution in [-0.4, -0.2) is 0 Å². The van der Waals surface area contributed by atoms with Gasteiger partial charge >= 0.3 is 0 Å². The smallest absolute Gasteiger partial charge is 0.109 e. The van der Waals surface area contributed by atoms with Gasteiger partial charge in [-0.15, -0.1) is 0 Å². The molecule has 0 aliphatic heterocycles. The second kappa shape index (κ2) is 15.4. The maximum atomic E-state index is 6.01. The average molecular weight is 466 g/mol. The Kier molecular flexibility index (Phi) is 15.1. The first-order chi connectivity index (χ1) is 13.0. The van der Waals surface area contributed by atoms with Gasteiger partial charge in [-0.2, -0.15) is 0 Å². The number of hydrogen-bond acceptors (Lipinski definition) is 2. The highest BCUT2D eigenvalue weighted by molar-refractivity contribution is 6.35. The Balaban J connectivity index is 0.000000776. The summed E-state index contributed by atoms with van der Waals surface area (Å²) in [6.07, 6.45) is 0. The van der Waals surface area contributed by atoms with Crippen molar-refractivity contribution < 1.29 is 9.78 Å². The normalized spacial score (nSPS) is 10.3. The van der Waals surface area contributed by atoms with Crippen molar-refractivity contribution in [1.29, 1.82) is 0 Å². The van der Waals surface area contributed by atoms with Gasteiger partial charge in [0.2, 0.25) is 0 Å². The number of hydrogen-bond donors (Lipinski definition) is 0. The highest BCUT2D eigenvalue weighted by atomic mass is 35.5. The van der Waals surface area contributed by atoms with E-state index in [0.29, 0.717) is 20.1 Å². The average Bonchev–Trinajstić information content (AvgIpc) is 2.54. The molecule has 0 spiro atoms.